The first-order valence-electron chi connectivity index (χ1n) is 4.34. The van der Waals surface area contributed by atoms with E-state index >= 15 is 0 Å². The summed E-state index contributed by atoms with van der Waals surface area (Å²) in [6.07, 6.45) is -0.200. The van der Waals surface area contributed by atoms with Crippen LogP contribution in [0.4, 0.5) is 5.82 Å². The van der Waals surface area contributed by atoms with Crippen molar-refractivity contribution in [2.75, 3.05) is 6.54 Å². The summed E-state index contributed by atoms with van der Waals surface area (Å²) >= 11 is 0. The van der Waals surface area contributed by atoms with Gasteiger partial charge in [0, 0.05) is 12.6 Å². The molecule has 1 rings (SSSR count). The largest absolute Gasteiger partial charge is 0.481 e. The van der Waals surface area contributed by atoms with Gasteiger partial charge in [-0.15, -0.1) is 0 Å². The van der Waals surface area contributed by atoms with Gasteiger partial charge in [-0.05, 0) is 11.0 Å². The van der Waals surface area contributed by atoms with Crippen molar-refractivity contribution in [1.29, 1.82) is 0 Å². The van der Waals surface area contributed by atoms with Crippen LogP contribution in [0.2, 0.25) is 0 Å². The molecule has 0 saturated heterocycles. The summed E-state index contributed by atoms with van der Waals surface area (Å²) in [4.78, 5) is 33.4. The SMILES string of the molecule is O=C(O)CCNC(=O)c1ccc([N+](=O)[O-])[nH]1. The lowest BCUT2D eigenvalue weighted by atomic mass is 10.4. The Morgan fingerprint density at radius 2 is 2.19 bits per heavy atom. The zero-order chi connectivity index (χ0) is 12.1. The predicted octanol–water partition coefficient (Wildman–Crippen LogP) is 0.127. The van der Waals surface area contributed by atoms with E-state index in [-0.39, 0.29) is 24.5 Å². The van der Waals surface area contributed by atoms with Crippen molar-refractivity contribution in [3.8, 4) is 0 Å². The Morgan fingerprint density at radius 3 is 2.69 bits per heavy atom. The first-order chi connectivity index (χ1) is 7.50. The lowest BCUT2D eigenvalue weighted by Crippen LogP contribution is -2.26. The number of carbonyl (C=O) groups is 2. The lowest BCUT2D eigenvalue weighted by Gasteiger charge is -1.98. The van der Waals surface area contributed by atoms with Crippen LogP contribution in [-0.2, 0) is 4.79 Å². The summed E-state index contributed by atoms with van der Waals surface area (Å²) in [6.45, 7) is -0.0268. The number of carbonyl (C=O) groups excluding carboxylic acids is 1. The third-order valence-electron chi connectivity index (χ3n) is 1.74. The van der Waals surface area contributed by atoms with E-state index < -0.39 is 16.8 Å². The number of H-pyrrole nitrogens is 1. The number of aromatic nitrogens is 1. The minimum Gasteiger partial charge on any atom is -0.481 e. The first-order valence-corrected chi connectivity index (χ1v) is 4.34. The standard InChI is InChI=1S/C8H9N3O5/c12-7(13)3-4-9-8(14)5-1-2-6(10-5)11(15)16/h1-2,10H,3-4H2,(H,9,14)(H,12,13). The molecule has 86 valence electrons. The molecular formula is C8H9N3O5. The number of hydrogen-bond acceptors (Lipinski definition) is 4. The predicted molar refractivity (Wildman–Crippen MR) is 52.0 cm³/mol. The molecule has 3 N–H and O–H groups in total. The second-order valence-corrected chi connectivity index (χ2v) is 2.91. The van der Waals surface area contributed by atoms with E-state index in [9.17, 15) is 19.7 Å². The monoisotopic (exact) mass is 227 g/mol. The molecule has 16 heavy (non-hydrogen) atoms. The third kappa shape index (κ3) is 3.08. The van der Waals surface area contributed by atoms with Gasteiger partial charge in [-0.25, -0.2) is 4.98 Å². The van der Waals surface area contributed by atoms with Crippen molar-refractivity contribution in [1.82, 2.24) is 10.3 Å². The molecule has 0 saturated carbocycles. The molecule has 1 amide bonds. The van der Waals surface area contributed by atoms with Crippen LogP contribution >= 0.6 is 0 Å². The zero-order valence-corrected chi connectivity index (χ0v) is 8.10. The van der Waals surface area contributed by atoms with E-state index in [1.54, 1.807) is 0 Å². The fraction of sp³-hybridized carbons (Fsp3) is 0.250. The molecule has 0 atom stereocenters. The minimum absolute atomic E-state index is 0.0251. The molecule has 0 spiro atoms. The Bertz CT molecular complexity index is 425. The van der Waals surface area contributed by atoms with Crippen LogP contribution in [0.15, 0.2) is 12.1 Å². The number of nitro groups is 1. The van der Waals surface area contributed by atoms with Crippen molar-refractivity contribution in [3.05, 3.63) is 27.9 Å². The number of aliphatic carboxylic acids is 1. The fourth-order valence-electron chi connectivity index (χ4n) is 1.00. The highest BCUT2D eigenvalue weighted by molar-refractivity contribution is 5.93. The maximum absolute atomic E-state index is 11.3. The van der Waals surface area contributed by atoms with E-state index in [1.807, 2.05) is 0 Å². The minimum atomic E-state index is -1.03. The number of rotatable bonds is 5. The molecule has 1 heterocycles. The van der Waals surface area contributed by atoms with Crippen LogP contribution in [0.1, 0.15) is 16.9 Å². The lowest BCUT2D eigenvalue weighted by molar-refractivity contribution is -0.389. The first kappa shape index (κ1) is 11.7. The highest BCUT2D eigenvalue weighted by atomic mass is 16.6. The Hall–Kier alpha value is -2.38. The van der Waals surface area contributed by atoms with Gasteiger partial charge in [0.15, 0.2) is 5.69 Å². The molecule has 0 fully saturated rings. The smallest absolute Gasteiger partial charge is 0.321 e. The van der Waals surface area contributed by atoms with Crippen LogP contribution in [0.5, 0.6) is 0 Å². The molecule has 0 aliphatic rings. The van der Waals surface area contributed by atoms with Crippen molar-refractivity contribution < 1.29 is 19.6 Å². The summed E-state index contributed by atoms with van der Waals surface area (Å²) in [6, 6.07) is 2.42. The summed E-state index contributed by atoms with van der Waals surface area (Å²) in [5.41, 5.74) is 0.0251. The van der Waals surface area contributed by atoms with Gasteiger partial charge < -0.3 is 20.5 Å². The Balaban J connectivity index is 2.53. The van der Waals surface area contributed by atoms with E-state index in [0.717, 1.165) is 6.07 Å². The van der Waals surface area contributed by atoms with Crippen molar-refractivity contribution in [2.45, 2.75) is 6.42 Å². The third-order valence-corrected chi connectivity index (χ3v) is 1.74. The van der Waals surface area contributed by atoms with Gasteiger partial charge in [0.25, 0.3) is 5.91 Å². The topological polar surface area (TPSA) is 125 Å². The summed E-state index contributed by atoms with van der Waals surface area (Å²) in [5.74, 6) is -1.89. The molecule has 0 radical (unpaired) electrons. The van der Waals surface area contributed by atoms with Gasteiger partial charge in [0.05, 0.1) is 6.42 Å². The van der Waals surface area contributed by atoms with Gasteiger partial charge in [-0.2, -0.15) is 0 Å². The molecule has 0 aliphatic carbocycles. The van der Waals surface area contributed by atoms with Gasteiger partial charge in [0.1, 0.15) is 0 Å². The Labute approximate surface area is 89.4 Å². The highest BCUT2D eigenvalue weighted by Crippen LogP contribution is 2.09. The maximum Gasteiger partial charge on any atom is 0.321 e. The Morgan fingerprint density at radius 1 is 1.50 bits per heavy atom. The average Bonchev–Trinajstić information content (AvgIpc) is 2.65. The number of hydrogen-bond donors (Lipinski definition) is 3. The van der Waals surface area contributed by atoms with E-state index in [4.69, 9.17) is 5.11 Å². The number of amides is 1. The zero-order valence-electron chi connectivity index (χ0n) is 8.10. The average molecular weight is 227 g/mol. The molecule has 0 unspecified atom stereocenters. The highest BCUT2D eigenvalue weighted by Gasteiger charge is 2.14. The van der Waals surface area contributed by atoms with Crippen molar-refractivity contribution in [3.63, 3.8) is 0 Å². The van der Waals surface area contributed by atoms with E-state index in [2.05, 4.69) is 10.3 Å². The molecule has 0 aliphatic heterocycles. The van der Waals surface area contributed by atoms with Crippen LogP contribution in [0.3, 0.4) is 0 Å². The van der Waals surface area contributed by atoms with E-state index in [1.165, 1.54) is 6.07 Å². The molecular weight excluding hydrogens is 218 g/mol. The molecule has 0 aromatic carbocycles. The van der Waals surface area contributed by atoms with Crippen molar-refractivity contribution >= 4 is 17.7 Å². The normalized spacial score (nSPS) is 9.75. The Kier molecular flexibility index (Phi) is 3.59. The quantitative estimate of drug-likeness (QED) is 0.486. The van der Waals surface area contributed by atoms with E-state index in [0.29, 0.717) is 0 Å². The van der Waals surface area contributed by atoms with Crippen LogP contribution in [0, 0.1) is 10.1 Å². The number of carboxylic acids is 1. The molecule has 1 aromatic rings. The van der Waals surface area contributed by atoms with Crippen LogP contribution in [-0.4, -0.2) is 33.4 Å². The van der Waals surface area contributed by atoms with Crippen LogP contribution in [0.25, 0.3) is 0 Å². The van der Waals surface area contributed by atoms with Gasteiger partial charge >= 0.3 is 11.8 Å². The van der Waals surface area contributed by atoms with Crippen molar-refractivity contribution in [2.24, 2.45) is 0 Å². The van der Waals surface area contributed by atoms with Gasteiger partial charge in [-0.1, -0.05) is 0 Å². The fourth-order valence-corrected chi connectivity index (χ4v) is 1.00. The molecule has 1 aromatic heterocycles. The number of nitrogens with zero attached hydrogens (tertiary/aromatic N) is 1. The summed E-state index contributed by atoms with van der Waals surface area (Å²) < 4.78 is 0. The summed E-state index contributed by atoms with van der Waals surface area (Å²) in [7, 11) is 0. The molecule has 8 heteroatoms. The molecule has 0 bridgehead atoms. The second kappa shape index (κ2) is 4.91. The van der Waals surface area contributed by atoms with Crippen LogP contribution < -0.4 is 5.32 Å². The van der Waals surface area contributed by atoms with Gasteiger partial charge in [-0.3, -0.25) is 9.59 Å². The number of nitrogens with one attached hydrogen (secondary N) is 2. The number of aromatic amines is 1. The number of carboxylic acid groups (broad SMARTS) is 1. The molecule has 8 nitrogen and oxygen atoms in total. The maximum atomic E-state index is 11.3. The van der Waals surface area contributed by atoms with Gasteiger partial charge in [0.2, 0.25) is 0 Å². The summed E-state index contributed by atoms with van der Waals surface area (Å²) in [5, 5.41) is 20.9. The second-order valence-electron chi connectivity index (χ2n) is 2.91.